The van der Waals surface area contributed by atoms with Crippen molar-refractivity contribution >= 4 is 11.9 Å². The summed E-state index contributed by atoms with van der Waals surface area (Å²) in [7, 11) is 0. The standard InChI is InChI=1S/C14H25N3O3/c1-12(2)11-13(18)15-3-5-16(6-4-15)14(19)17-7-9-20-10-8-17/h12H,3-11H2,1-2H3. The van der Waals surface area contributed by atoms with Crippen LogP contribution in [0.1, 0.15) is 20.3 Å². The highest BCUT2D eigenvalue weighted by atomic mass is 16.5. The summed E-state index contributed by atoms with van der Waals surface area (Å²) in [6, 6.07) is 0.0873. The number of nitrogens with zero attached hydrogens (tertiary/aromatic N) is 3. The van der Waals surface area contributed by atoms with Crippen molar-refractivity contribution in [1.29, 1.82) is 0 Å². The number of carbonyl (C=O) groups excluding carboxylic acids is 2. The van der Waals surface area contributed by atoms with Crippen LogP contribution in [-0.2, 0) is 9.53 Å². The molecule has 0 N–H and O–H groups in total. The van der Waals surface area contributed by atoms with Gasteiger partial charge in [0, 0.05) is 45.7 Å². The molecule has 0 unspecified atom stereocenters. The van der Waals surface area contributed by atoms with Crippen LogP contribution in [0.15, 0.2) is 0 Å². The Labute approximate surface area is 120 Å². The number of rotatable bonds is 2. The molecule has 3 amide bonds. The maximum absolute atomic E-state index is 12.3. The van der Waals surface area contributed by atoms with Crippen molar-refractivity contribution < 1.29 is 14.3 Å². The molecule has 2 aliphatic rings. The Hall–Kier alpha value is -1.30. The van der Waals surface area contributed by atoms with Crippen molar-refractivity contribution in [2.24, 2.45) is 5.92 Å². The molecule has 2 rings (SSSR count). The van der Waals surface area contributed by atoms with E-state index >= 15 is 0 Å². The van der Waals surface area contributed by atoms with E-state index in [0.29, 0.717) is 64.8 Å². The summed E-state index contributed by atoms with van der Waals surface area (Å²) >= 11 is 0. The SMILES string of the molecule is CC(C)CC(=O)N1CCN(C(=O)N2CCOCC2)CC1. The molecular formula is C14H25N3O3. The van der Waals surface area contributed by atoms with Crippen LogP contribution < -0.4 is 0 Å². The molecule has 6 nitrogen and oxygen atoms in total. The molecule has 2 aliphatic heterocycles. The smallest absolute Gasteiger partial charge is 0.320 e. The highest BCUT2D eigenvalue weighted by Crippen LogP contribution is 2.10. The summed E-state index contributed by atoms with van der Waals surface area (Å²) in [4.78, 5) is 29.9. The third-order valence-corrected chi connectivity index (χ3v) is 3.77. The van der Waals surface area contributed by atoms with Gasteiger partial charge in [0.25, 0.3) is 0 Å². The molecule has 0 radical (unpaired) electrons. The first kappa shape index (κ1) is 15.1. The fourth-order valence-corrected chi connectivity index (χ4v) is 2.58. The molecule has 0 aromatic carbocycles. The van der Waals surface area contributed by atoms with E-state index in [4.69, 9.17) is 4.74 Å². The monoisotopic (exact) mass is 283 g/mol. The first-order valence-electron chi connectivity index (χ1n) is 7.47. The van der Waals surface area contributed by atoms with Crippen LogP contribution in [0.3, 0.4) is 0 Å². The Morgan fingerprint density at radius 3 is 1.95 bits per heavy atom. The van der Waals surface area contributed by atoms with Crippen molar-refractivity contribution in [3.05, 3.63) is 0 Å². The molecule has 20 heavy (non-hydrogen) atoms. The molecule has 0 atom stereocenters. The minimum Gasteiger partial charge on any atom is -0.378 e. The second-order valence-corrected chi connectivity index (χ2v) is 5.85. The van der Waals surface area contributed by atoms with Gasteiger partial charge in [-0.05, 0) is 5.92 Å². The number of hydrogen-bond donors (Lipinski definition) is 0. The predicted molar refractivity (Wildman–Crippen MR) is 75.4 cm³/mol. The molecular weight excluding hydrogens is 258 g/mol. The van der Waals surface area contributed by atoms with Crippen molar-refractivity contribution in [3.63, 3.8) is 0 Å². The fourth-order valence-electron chi connectivity index (χ4n) is 2.58. The van der Waals surface area contributed by atoms with E-state index in [1.54, 1.807) is 0 Å². The van der Waals surface area contributed by atoms with Crippen LogP contribution >= 0.6 is 0 Å². The third-order valence-electron chi connectivity index (χ3n) is 3.77. The first-order chi connectivity index (χ1) is 9.58. The molecule has 6 heteroatoms. The van der Waals surface area contributed by atoms with Gasteiger partial charge < -0.3 is 19.4 Å². The number of ether oxygens (including phenoxy) is 1. The maximum Gasteiger partial charge on any atom is 0.320 e. The van der Waals surface area contributed by atoms with Crippen LogP contribution in [0, 0.1) is 5.92 Å². The van der Waals surface area contributed by atoms with E-state index in [1.807, 2.05) is 14.7 Å². The van der Waals surface area contributed by atoms with Crippen LogP contribution in [0.2, 0.25) is 0 Å². The highest BCUT2D eigenvalue weighted by Gasteiger charge is 2.27. The Morgan fingerprint density at radius 2 is 1.40 bits per heavy atom. The molecule has 0 aromatic heterocycles. The van der Waals surface area contributed by atoms with Crippen LogP contribution in [-0.4, -0.2) is 79.1 Å². The fraction of sp³-hybridized carbons (Fsp3) is 0.857. The molecule has 0 saturated carbocycles. The normalized spacial score (nSPS) is 20.4. The molecule has 2 fully saturated rings. The largest absolute Gasteiger partial charge is 0.378 e. The number of amides is 3. The zero-order chi connectivity index (χ0) is 14.5. The summed E-state index contributed by atoms with van der Waals surface area (Å²) in [6.45, 7) is 9.28. The van der Waals surface area contributed by atoms with E-state index in [2.05, 4.69) is 13.8 Å². The van der Waals surface area contributed by atoms with Gasteiger partial charge in [-0.1, -0.05) is 13.8 Å². The Bertz CT molecular complexity index is 346. The van der Waals surface area contributed by atoms with Gasteiger partial charge in [0.05, 0.1) is 13.2 Å². The number of morpholine rings is 1. The second kappa shape index (κ2) is 6.92. The van der Waals surface area contributed by atoms with E-state index in [-0.39, 0.29) is 11.9 Å². The zero-order valence-electron chi connectivity index (χ0n) is 12.5. The van der Waals surface area contributed by atoms with Crippen LogP contribution in [0.5, 0.6) is 0 Å². The van der Waals surface area contributed by atoms with Gasteiger partial charge >= 0.3 is 6.03 Å². The summed E-state index contributed by atoms with van der Waals surface area (Å²) in [5.74, 6) is 0.592. The minimum atomic E-state index is 0.0873. The molecule has 0 spiro atoms. The van der Waals surface area contributed by atoms with Gasteiger partial charge in [0.1, 0.15) is 0 Å². The van der Waals surface area contributed by atoms with E-state index in [1.165, 1.54) is 0 Å². The van der Waals surface area contributed by atoms with Gasteiger partial charge in [-0.2, -0.15) is 0 Å². The van der Waals surface area contributed by atoms with Crippen molar-refractivity contribution in [3.8, 4) is 0 Å². The summed E-state index contributed by atoms with van der Waals surface area (Å²) < 4.78 is 5.26. The Morgan fingerprint density at radius 1 is 0.900 bits per heavy atom. The van der Waals surface area contributed by atoms with Crippen LogP contribution in [0.4, 0.5) is 4.79 Å². The van der Waals surface area contributed by atoms with Gasteiger partial charge in [0.15, 0.2) is 0 Å². The second-order valence-electron chi connectivity index (χ2n) is 5.85. The molecule has 2 saturated heterocycles. The third kappa shape index (κ3) is 3.85. The molecule has 0 bridgehead atoms. The number of hydrogen-bond acceptors (Lipinski definition) is 3. The van der Waals surface area contributed by atoms with Gasteiger partial charge in [-0.25, -0.2) is 4.79 Å². The maximum atomic E-state index is 12.3. The van der Waals surface area contributed by atoms with Crippen molar-refractivity contribution in [2.75, 3.05) is 52.5 Å². The highest BCUT2D eigenvalue weighted by molar-refractivity contribution is 5.78. The lowest BCUT2D eigenvalue weighted by atomic mass is 10.1. The van der Waals surface area contributed by atoms with Crippen molar-refractivity contribution in [2.45, 2.75) is 20.3 Å². The lowest BCUT2D eigenvalue weighted by Crippen LogP contribution is -2.55. The topological polar surface area (TPSA) is 53.1 Å². The van der Waals surface area contributed by atoms with Gasteiger partial charge in [-0.15, -0.1) is 0 Å². The Balaban J connectivity index is 1.78. The number of urea groups is 1. The minimum absolute atomic E-state index is 0.0873. The number of piperazine rings is 1. The van der Waals surface area contributed by atoms with Crippen molar-refractivity contribution in [1.82, 2.24) is 14.7 Å². The van der Waals surface area contributed by atoms with Crippen LogP contribution in [0.25, 0.3) is 0 Å². The van der Waals surface area contributed by atoms with E-state index in [9.17, 15) is 9.59 Å². The first-order valence-corrected chi connectivity index (χ1v) is 7.47. The van der Waals surface area contributed by atoms with E-state index < -0.39 is 0 Å². The molecule has 2 heterocycles. The van der Waals surface area contributed by atoms with E-state index in [0.717, 1.165) is 0 Å². The summed E-state index contributed by atoms with van der Waals surface area (Å²) in [6.07, 6.45) is 0.595. The Kier molecular flexibility index (Phi) is 5.23. The molecule has 0 aromatic rings. The average Bonchev–Trinajstić information content (AvgIpc) is 2.47. The zero-order valence-corrected chi connectivity index (χ0v) is 12.5. The lowest BCUT2D eigenvalue weighted by Gasteiger charge is -2.38. The summed E-state index contributed by atoms with van der Waals surface area (Å²) in [5, 5.41) is 0. The molecule has 0 aliphatic carbocycles. The summed E-state index contributed by atoms with van der Waals surface area (Å²) in [5.41, 5.74) is 0. The van der Waals surface area contributed by atoms with Gasteiger partial charge in [-0.3, -0.25) is 4.79 Å². The lowest BCUT2D eigenvalue weighted by molar-refractivity contribution is -0.133. The number of carbonyl (C=O) groups is 2. The molecule has 114 valence electrons. The average molecular weight is 283 g/mol. The quantitative estimate of drug-likeness (QED) is 0.747. The predicted octanol–water partition coefficient (Wildman–Crippen LogP) is 0.629. The van der Waals surface area contributed by atoms with Gasteiger partial charge in [0.2, 0.25) is 5.91 Å².